The smallest absolute Gasteiger partial charge is 0.145 e. The van der Waals surface area contributed by atoms with Crippen LogP contribution in [0.5, 0.6) is 0 Å². The average Bonchev–Trinajstić information content (AvgIpc) is 2.88. The Morgan fingerprint density at radius 3 is 2.67 bits per heavy atom. The second-order valence-electron chi connectivity index (χ2n) is 4.33. The van der Waals surface area contributed by atoms with Gasteiger partial charge in [-0.1, -0.05) is 40.2 Å². The molecule has 86 valence electrons. The lowest BCUT2D eigenvalue weighted by Crippen LogP contribution is -1.90. The highest BCUT2D eigenvalue weighted by Gasteiger charge is 2.08. The standard InChI is InChI=1S/C15H9BrN2/c16-10-5-6-14-13(9-10)11-3-1-2-4-12(11)15-17-7-8-18(14)15/h1-9H. The molecular weight excluding hydrogens is 288 g/mol. The first kappa shape index (κ1) is 10.1. The Morgan fingerprint density at radius 2 is 1.78 bits per heavy atom. The third kappa shape index (κ3) is 1.25. The van der Waals surface area contributed by atoms with Crippen molar-refractivity contribution in [3.8, 4) is 0 Å². The Balaban J connectivity index is 2.44. The Kier molecular flexibility index (Phi) is 2.00. The minimum atomic E-state index is 1.01. The predicted molar refractivity (Wildman–Crippen MR) is 77.9 cm³/mol. The zero-order valence-electron chi connectivity index (χ0n) is 9.47. The number of nitrogens with zero attached hydrogens (tertiary/aromatic N) is 2. The van der Waals surface area contributed by atoms with Gasteiger partial charge in [0.1, 0.15) is 5.65 Å². The lowest BCUT2D eigenvalue weighted by Gasteiger charge is -2.08. The molecule has 0 radical (unpaired) electrons. The zero-order valence-corrected chi connectivity index (χ0v) is 11.1. The van der Waals surface area contributed by atoms with E-state index in [1.165, 1.54) is 21.7 Å². The lowest BCUT2D eigenvalue weighted by atomic mass is 10.1. The van der Waals surface area contributed by atoms with Gasteiger partial charge >= 0.3 is 0 Å². The minimum absolute atomic E-state index is 1.01. The molecule has 0 aliphatic rings. The molecule has 2 heterocycles. The van der Waals surface area contributed by atoms with E-state index in [1.807, 2.05) is 12.4 Å². The van der Waals surface area contributed by atoms with Gasteiger partial charge in [-0.3, -0.25) is 4.40 Å². The molecular formula is C15H9BrN2. The van der Waals surface area contributed by atoms with Crippen molar-refractivity contribution in [1.82, 2.24) is 9.38 Å². The molecule has 0 atom stereocenters. The SMILES string of the molecule is Brc1ccc2c(c1)c1ccccc1c1nccn21. The Labute approximate surface area is 112 Å². The molecule has 0 unspecified atom stereocenters. The molecule has 0 fully saturated rings. The normalized spacial score (nSPS) is 11.6. The highest BCUT2D eigenvalue weighted by Crippen LogP contribution is 2.30. The van der Waals surface area contributed by atoms with Crippen LogP contribution in [0.4, 0.5) is 0 Å². The van der Waals surface area contributed by atoms with Gasteiger partial charge in [0.2, 0.25) is 0 Å². The number of imidazole rings is 1. The summed E-state index contributed by atoms with van der Waals surface area (Å²) in [5, 5.41) is 3.67. The molecule has 0 saturated carbocycles. The first-order valence-corrected chi connectivity index (χ1v) is 6.57. The molecule has 0 N–H and O–H groups in total. The van der Waals surface area contributed by atoms with Crippen LogP contribution in [-0.4, -0.2) is 9.38 Å². The fourth-order valence-corrected chi connectivity index (χ4v) is 2.91. The highest BCUT2D eigenvalue weighted by atomic mass is 79.9. The molecule has 0 amide bonds. The molecule has 4 aromatic rings. The predicted octanol–water partition coefficient (Wildman–Crippen LogP) is 4.40. The topological polar surface area (TPSA) is 17.3 Å². The van der Waals surface area contributed by atoms with Gasteiger partial charge in [-0.15, -0.1) is 0 Å². The molecule has 2 aromatic carbocycles. The number of hydrogen-bond donors (Lipinski definition) is 0. The van der Waals surface area contributed by atoms with Gasteiger partial charge in [0.05, 0.1) is 5.52 Å². The van der Waals surface area contributed by atoms with Gasteiger partial charge < -0.3 is 0 Å². The minimum Gasteiger partial charge on any atom is -0.299 e. The summed E-state index contributed by atoms with van der Waals surface area (Å²) in [5.41, 5.74) is 2.20. The molecule has 4 rings (SSSR count). The summed E-state index contributed by atoms with van der Waals surface area (Å²) in [7, 11) is 0. The molecule has 18 heavy (non-hydrogen) atoms. The lowest BCUT2D eigenvalue weighted by molar-refractivity contribution is 1.27. The number of fused-ring (bicyclic) bond motifs is 6. The molecule has 0 spiro atoms. The van der Waals surface area contributed by atoms with Crippen LogP contribution in [-0.2, 0) is 0 Å². The summed E-state index contributed by atoms with van der Waals surface area (Å²) >= 11 is 3.55. The molecule has 0 aliphatic carbocycles. The molecule has 0 aliphatic heterocycles. The van der Waals surface area contributed by atoms with E-state index in [9.17, 15) is 0 Å². The Hall–Kier alpha value is -1.87. The van der Waals surface area contributed by atoms with E-state index in [-0.39, 0.29) is 0 Å². The van der Waals surface area contributed by atoms with E-state index in [1.54, 1.807) is 0 Å². The highest BCUT2D eigenvalue weighted by molar-refractivity contribution is 9.10. The maximum Gasteiger partial charge on any atom is 0.145 e. The van der Waals surface area contributed by atoms with Crippen molar-refractivity contribution in [2.24, 2.45) is 0 Å². The van der Waals surface area contributed by atoms with Gasteiger partial charge in [0, 0.05) is 27.6 Å². The number of rotatable bonds is 0. The van der Waals surface area contributed by atoms with Gasteiger partial charge in [0.15, 0.2) is 0 Å². The van der Waals surface area contributed by atoms with Gasteiger partial charge in [-0.05, 0) is 23.6 Å². The van der Waals surface area contributed by atoms with E-state index in [2.05, 4.69) is 67.8 Å². The maximum absolute atomic E-state index is 4.47. The van der Waals surface area contributed by atoms with Crippen molar-refractivity contribution in [3.63, 3.8) is 0 Å². The number of aromatic nitrogens is 2. The van der Waals surface area contributed by atoms with Crippen LogP contribution >= 0.6 is 15.9 Å². The van der Waals surface area contributed by atoms with Crippen LogP contribution in [0.3, 0.4) is 0 Å². The van der Waals surface area contributed by atoms with Crippen molar-refractivity contribution in [1.29, 1.82) is 0 Å². The molecule has 3 heteroatoms. The van der Waals surface area contributed by atoms with Crippen molar-refractivity contribution >= 4 is 43.3 Å². The average molecular weight is 297 g/mol. The number of hydrogen-bond acceptors (Lipinski definition) is 1. The fraction of sp³-hybridized carbons (Fsp3) is 0. The van der Waals surface area contributed by atoms with E-state index >= 15 is 0 Å². The Morgan fingerprint density at radius 1 is 0.944 bits per heavy atom. The van der Waals surface area contributed by atoms with Crippen molar-refractivity contribution in [2.45, 2.75) is 0 Å². The van der Waals surface area contributed by atoms with Crippen LogP contribution in [0.2, 0.25) is 0 Å². The largest absolute Gasteiger partial charge is 0.299 e. The van der Waals surface area contributed by atoms with Crippen molar-refractivity contribution in [3.05, 3.63) is 59.3 Å². The molecule has 2 nitrogen and oxygen atoms in total. The van der Waals surface area contributed by atoms with Crippen LogP contribution in [0.15, 0.2) is 59.3 Å². The number of benzene rings is 2. The van der Waals surface area contributed by atoms with Gasteiger partial charge in [0.25, 0.3) is 0 Å². The number of pyridine rings is 1. The summed E-state index contributed by atoms with van der Waals surface area (Å²) in [4.78, 5) is 4.47. The van der Waals surface area contributed by atoms with Crippen LogP contribution < -0.4 is 0 Å². The quantitative estimate of drug-likeness (QED) is 0.440. The maximum atomic E-state index is 4.47. The molecule has 0 bridgehead atoms. The second-order valence-corrected chi connectivity index (χ2v) is 5.24. The molecule has 0 saturated heterocycles. The first-order valence-electron chi connectivity index (χ1n) is 5.77. The van der Waals surface area contributed by atoms with Gasteiger partial charge in [-0.2, -0.15) is 0 Å². The van der Waals surface area contributed by atoms with Crippen molar-refractivity contribution < 1.29 is 0 Å². The zero-order chi connectivity index (χ0) is 12.1. The summed E-state index contributed by atoms with van der Waals surface area (Å²) in [6.45, 7) is 0. The van der Waals surface area contributed by atoms with E-state index in [4.69, 9.17) is 0 Å². The van der Waals surface area contributed by atoms with Crippen LogP contribution in [0.1, 0.15) is 0 Å². The van der Waals surface area contributed by atoms with Gasteiger partial charge in [-0.25, -0.2) is 4.98 Å². The fourth-order valence-electron chi connectivity index (χ4n) is 2.54. The summed E-state index contributed by atoms with van der Waals surface area (Å²) in [6.07, 6.45) is 3.86. The monoisotopic (exact) mass is 296 g/mol. The summed E-state index contributed by atoms with van der Waals surface area (Å²) in [6, 6.07) is 14.8. The number of halogens is 1. The van der Waals surface area contributed by atoms with E-state index in [0.717, 1.165) is 10.1 Å². The second kappa shape index (κ2) is 3.56. The first-order chi connectivity index (χ1) is 8.84. The summed E-state index contributed by atoms with van der Waals surface area (Å²) < 4.78 is 3.24. The van der Waals surface area contributed by atoms with Crippen molar-refractivity contribution in [2.75, 3.05) is 0 Å². The van der Waals surface area contributed by atoms with Crippen LogP contribution in [0, 0.1) is 0 Å². The van der Waals surface area contributed by atoms with E-state index in [0.29, 0.717) is 0 Å². The van der Waals surface area contributed by atoms with E-state index < -0.39 is 0 Å². The third-order valence-electron chi connectivity index (χ3n) is 3.32. The molecule has 2 aromatic heterocycles. The Bertz CT molecular complexity index is 893. The summed E-state index contributed by atoms with van der Waals surface area (Å²) in [5.74, 6) is 0. The van der Waals surface area contributed by atoms with Crippen LogP contribution in [0.25, 0.3) is 27.3 Å². The third-order valence-corrected chi connectivity index (χ3v) is 3.81.